The highest BCUT2D eigenvalue weighted by molar-refractivity contribution is 6.31. The molecule has 170 valence electrons. The van der Waals surface area contributed by atoms with E-state index < -0.39 is 0 Å². The topological polar surface area (TPSA) is 77.7 Å². The second kappa shape index (κ2) is 7.96. The molecule has 2 N–H and O–H groups in total. The molecule has 4 atom stereocenters. The van der Waals surface area contributed by atoms with E-state index in [4.69, 9.17) is 11.6 Å². The standard InChI is InChI=1S/C24H30ClN5O2/c25-21-22(27-8-7-26-21)29-13-11-28(12-14-29)9-1-2-10-30-23(31)19-17-5-6-18(20(19)24(30)32)16-4-3-15(16)17/h5-8,15-18,31-32H,1-4,9-14H2. The predicted octanol–water partition coefficient (Wildman–Crippen LogP) is 3.72. The number of hydrogen-bond donors (Lipinski definition) is 2. The van der Waals surface area contributed by atoms with E-state index in [0.29, 0.717) is 47.1 Å². The average molecular weight is 456 g/mol. The lowest BCUT2D eigenvalue weighted by Crippen LogP contribution is -2.47. The summed E-state index contributed by atoms with van der Waals surface area (Å²) in [7, 11) is 0. The first kappa shape index (κ1) is 20.4. The quantitative estimate of drug-likeness (QED) is 0.510. The van der Waals surface area contributed by atoms with E-state index in [-0.39, 0.29) is 0 Å². The second-order valence-electron chi connectivity index (χ2n) is 9.67. The fraction of sp³-hybridized carbons (Fsp3) is 0.583. The number of nitrogens with zero attached hydrogens (tertiary/aromatic N) is 5. The molecule has 0 aromatic carbocycles. The van der Waals surface area contributed by atoms with Gasteiger partial charge in [-0.1, -0.05) is 23.8 Å². The van der Waals surface area contributed by atoms with Crippen LogP contribution in [0.25, 0.3) is 0 Å². The Morgan fingerprint density at radius 3 is 2.03 bits per heavy atom. The van der Waals surface area contributed by atoms with Crippen molar-refractivity contribution >= 4 is 17.4 Å². The smallest absolute Gasteiger partial charge is 0.198 e. The Labute approximate surface area is 193 Å². The SMILES string of the molecule is Oc1c2c(c(O)n1CCCCN1CCN(c3nccnc3Cl)CC1)C1C=CC2C2CCC12. The number of aromatic nitrogens is 3. The summed E-state index contributed by atoms with van der Waals surface area (Å²) >= 11 is 6.18. The van der Waals surface area contributed by atoms with Crippen LogP contribution in [-0.2, 0) is 6.54 Å². The van der Waals surface area contributed by atoms with Gasteiger partial charge >= 0.3 is 0 Å². The van der Waals surface area contributed by atoms with Crippen LogP contribution >= 0.6 is 11.6 Å². The minimum absolute atomic E-state index is 0.292. The van der Waals surface area contributed by atoms with Crippen molar-refractivity contribution in [3.8, 4) is 11.8 Å². The van der Waals surface area contributed by atoms with E-state index in [1.165, 1.54) is 12.8 Å². The van der Waals surface area contributed by atoms with Gasteiger partial charge in [-0.15, -0.1) is 0 Å². The number of halogens is 1. The monoisotopic (exact) mass is 455 g/mol. The molecule has 2 fully saturated rings. The molecule has 1 saturated carbocycles. The Kier molecular flexibility index (Phi) is 5.06. The summed E-state index contributed by atoms with van der Waals surface area (Å²) in [4.78, 5) is 13.2. The van der Waals surface area contributed by atoms with Crippen molar-refractivity contribution in [2.45, 2.75) is 44.1 Å². The maximum absolute atomic E-state index is 10.9. The van der Waals surface area contributed by atoms with Gasteiger partial charge < -0.3 is 15.1 Å². The van der Waals surface area contributed by atoms with Crippen LogP contribution in [0.4, 0.5) is 5.82 Å². The van der Waals surface area contributed by atoms with Gasteiger partial charge in [0.25, 0.3) is 0 Å². The number of unbranched alkanes of at least 4 members (excludes halogenated alkanes) is 1. The van der Waals surface area contributed by atoms with E-state index in [1.807, 2.05) is 0 Å². The van der Waals surface area contributed by atoms with Gasteiger partial charge in [-0.05, 0) is 44.1 Å². The molecule has 4 aliphatic carbocycles. The number of hydrogen-bond acceptors (Lipinski definition) is 6. The molecule has 0 spiro atoms. The van der Waals surface area contributed by atoms with Gasteiger partial charge in [0.1, 0.15) is 0 Å². The number of rotatable bonds is 6. The molecule has 32 heavy (non-hydrogen) atoms. The van der Waals surface area contributed by atoms with Gasteiger partial charge in [0, 0.05) is 68.1 Å². The van der Waals surface area contributed by atoms with E-state index in [9.17, 15) is 10.2 Å². The Bertz CT molecular complexity index is 1000. The third-order valence-corrected chi connectivity index (χ3v) is 8.46. The van der Waals surface area contributed by atoms with E-state index in [0.717, 1.165) is 62.5 Å². The van der Waals surface area contributed by atoms with Crippen molar-refractivity contribution in [1.82, 2.24) is 19.4 Å². The van der Waals surface area contributed by atoms with Crippen molar-refractivity contribution in [2.24, 2.45) is 11.8 Å². The minimum atomic E-state index is 0.292. The molecule has 7 rings (SSSR count). The van der Waals surface area contributed by atoms with Gasteiger partial charge in [-0.3, -0.25) is 9.47 Å². The van der Waals surface area contributed by atoms with E-state index in [2.05, 4.69) is 31.9 Å². The number of piperazine rings is 1. The van der Waals surface area contributed by atoms with Crippen molar-refractivity contribution in [3.63, 3.8) is 0 Å². The highest BCUT2D eigenvalue weighted by atomic mass is 35.5. The zero-order chi connectivity index (χ0) is 21.8. The van der Waals surface area contributed by atoms with Crippen LogP contribution in [-0.4, -0.2) is 62.4 Å². The fourth-order valence-electron chi connectivity index (χ4n) is 6.40. The number of aromatic hydroxyl groups is 2. The Hall–Kier alpha value is -2.25. The van der Waals surface area contributed by atoms with Crippen LogP contribution in [0.5, 0.6) is 11.8 Å². The van der Waals surface area contributed by atoms with Crippen LogP contribution < -0.4 is 4.90 Å². The maximum atomic E-state index is 10.9. The predicted molar refractivity (Wildman–Crippen MR) is 124 cm³/mol. The summed E-state index contributed by atoms with van der Waals surface area (Å²) in [5.74, 6) is 3.28. The highest BCUT2D eigenvalue weighted by Crippen LogP contribution is 2.64. The molecule has 7 nitrogen and oxygen atoms in total. The molecule has 0 radical (unpaired) electrons. The Balaban J connectivity index is 1.03. The Morgan fingerprint density at radius 1 is 0.844 bits per heavy atom. The molecule has 1 saturated heterocycles. The van der Waals surface area contributed by atoms with Gasteiger partial charge in [0.15, 0.2) is 22.7 Å². The van der Waals surface area contributed by atoms with Crippen molar-refractivity contribution in [1.29, 1.82) is 0 Å². The first-order chi connectivity index (χ1) is 15.6. The maximum Gasteiger partial charge on any atom is 0.198 e. The van der Waals surface area contributed by atoms with Gasteiger partial charge in [0.2, 0.25) is 0 Å². The molecular formula is C24H30ClN5O2. The van der Waals surface area contributed by atoms with Gasteiger partial charge in [-0.25, -0.2) is 9.97 Å². The third-order valence-electron chi connectivity index (χ3n) is 8.20. The van der Waals surface area contributed by atoms with Crippen molar-refractivity contribution in [3.05, 3.63) is 40.8 Å². The minimum Gasteiger partial charge on any atom is -0.494 e. The molecule has 0 amide bonds. The summed E-state index contributed by atoms with van der Waals surface area (Å²) in [5.41, 5.74) is 2.02. The van der Waals surface area contributed by atoms with Crippen molar-refractivity contribution in [2.75, 3.05) is 37.6 Å². The van der Waals surface area contributed by atoms with Crippen LogP contribution in [0.2, 0.25) is 5.15 Å². The first-order valence-corrected chi connectivity index (χ1v) is 12.3. The normalized spacial score (nSPS) is 28.5. The van der Waals surface area contributed by atoms with Gasteiger partial charge in [0.05, 0.1) is 0 Å². The zero-order valence-electron chi connectivity index (χ0n) is 18.2. The third kappa shape index (κ3) is 3.12. The summed E-state index contributed by atoms with van der Waals surface area (Å²) in [6.07, 6.45) is 12.3. The molecule has 2 aromatic rings. The zero-order valence-corrected chi connectivity index (χ0v) is 19.0. The number of anilines is 1. The second-order valence-corrected chi connectivity index (χ2v) is 10.0. The van der Waals surface area contributed by atoms with Crippen LogP contribution in [0.3, 0.4) is 0 Å². The molecule has 5 aliphatic rings. The van der Waals surface area contributed by atoms with Gasteiger partial charge in [-0.2, -0.15) is 0 Å². The first-order valence-electron chi connectivity index (χ1n) is 11.9. The molecule has 3 heterocycles. The average Bonchev–Trinajstić information content (AvgIpc) is 3.03. The lowest BCUT2D eigenvalue weighted by Gasteiger charge is -2.51. The highest BCUT2D eigenvalue weighted by Gasteiger charge is 2.52. The van der Waals surface area contributed by atoms with E-state index >= 15 is 0 Å². The summed E-state index contributed by atoms with van der Waals surface area (Å²) in [6, 6.07) is 0. The van der Waals surface area contributed by atoms with E-state index in [1.54, 1.807) is 17.0 Å². The fourth-order valence-corrected chi connectivity index (χ4v) is 6.63. The van der Waals surface area contributed by atoms with Crippen molar-refractivity contribution < 1.29 is 10.2 Å². The molecule has 8 heteroatoms. The molecular weight excluding hydrogens is 426 g/mol. The molecule has 2 aromatic heterocycles. The van der Waals surface area contributed by atoms with Crippen LogP contribution in [0.15, 0.2) is 24.5 Å². The summed E-state index contributed by atoms with van der Waals surface area (Å²) in [5, 5.41) is 22.4. The van der Waals surface area contributed by atoms with Crippen LogP contribution in [0, 0.1) is 11.8 Å². The lowest BCUT2D eigenvalue weighted by molar-refractivity contribution is 0.114. The molecule has 1 aliphatic heterocycles. The summed E-state index contributed by atoms with van der Waals surface area (Å²) < 4.78 is 1.76. The Morgan fingerprint density at radius 2 is 1.44 bits per heavy atom. The largest absolute Gasteiger partial charge is 0.494 e. The summed E-state index contributed by atoms with van der Waals surface area (Å²) in [6.45, 7) is 5.40. The van der Waals surface area contributed by atoms with Crippen LogP contribution in [0.1, 0.15) is 48.6 Å². The lowest BCUT2D eigenvalue weighted by atomic mass is 9.52. The molecule has 4 unspecified atom stereocenters. The molecule has 2 bridgehead atoms. The number of allylic oxidation sites excluding steroid dienone is 2.